The van der Waals surface area contributed by atoms with Crippen LogP contribution in [-0.4, -0.2) is 18.2 Å². The Morgan fingerprint density at radius 2 is 2.29 bits per heavy atom. The predicted molar refractivity (Wildman–Crippen MR) is 85.2 cm³/mol. The Bertz CT molecular complexity index is 546. The van der Waals surface area contributed by atoms with Crippen LogP contribution in [0, 0.1) is 5.92 Å². The van der Waals surface area contributed by atoms with Gasteiger partial charge in [-0.05, 0) is 49.8 Å². The molecule has 6 heteroatoms. The first kappa shape index (κ1) is 16.1. The number of nitrogens with zero attached hydrogens (tertiary/aromatic N) is 1. The van der Waals surface area contributed by atoms with Gasteiger partial charge < -0.3 is 4.74 Å². The molecule has 1 aromatic rings. The van der Waals surface area contributed by atoms with Crippen LogP contribution in [-0.2, 0) is 4.79 Å². The number of amides is 1. The van der Waals surface area contributed by atoms with Gasteiger partial charge in [-0.1, -0.05) is 30.1 Å². The summed E-state index contributed by atoms with van der Waals surface area (Å²) in [5, 5.41) is 5.07. The molecular formula is C15H18Cl2N2O2. The van der Waals surface area contributed by atoms with Crippen LogP contribution in [0.25, 0.3) is 0 Å². The third-order valence-corrected chi connectivity index (χ3v) is 3.87. The third-order valence-electron chi connectivity index (χ3n) is 3.34. The van der Waals surface area contributed by atoms with Crippen molar-refractivity contribution in [2.75, 3.05) is 6.61 Å². The second kappa shape index (κ2) is 7.66. The summed E-state index contributed by atoms with van der Waals surface area (Å²) in [5.74, 6) is 0.764. The van der Waals surface area contributed by atoms with Crippen LogP contribution in [0.3, 0.4) is 0 Å². The van der Waals surface area contributed by atoms with Gasteiger partial charge in [0.25, 0.3) is 5.91 Å². The van der Waals surface area contributed by atoms with Gasteiger partial charge in [0, 0.05) is 10.7 Å². The normalized spacial score (nSPS) is 20.3. The number of carbonyl (C=O) groups is 1. The number of benzene rings is 1. The molecule has 1 aliphatic rings. The average molecular weight is 329 g/mol. The van der Waals surface area contributed by atoms with Crippen molar-refractivity contribution in [2.45, 2.75) is 32.6 Å². The fraction of sp³-hybridized carbons (Fsp3) is 0.467. The molecule has 1 atom stereocenters. The van der Waals surface area contributed by atoms with Gasteiger partial charge in [-0.2, -0.15) is 5.10 Å². The van der Waals surface area contributed by atoms with E-state index in [0.717, 1.165) is 25.0 Å². The summed E-state index contributed by atoms with van der Waals surface area (Å²) in [6.45, 7) is 2.07. The SMILES string of the molecule is C[C@@H]1CCCC(=NNC(=O)COc2ccc(Cl)cc2Cl)C1. The maximum absolute atomic E-state index is 11.7. The average Bonchev–Trinajstić information content (AvgIpc) is 2.44. The van der Waals surface area contributed by atoms with Crippen LogP contribution in [0.15, 0.2) is 23.3 Å². The van der Waals surface area contributed by atoms with Crippen LogP contribution >= 0.6 is 23.2 Å². The van der Waals surface area contributed by atoms with E-state index in [1.54, 1.807) is 18.2 Å². The summed E-state index contributed by atoms with van der Waals surface area (Å²) < 4.78 is 5.34. The molecule has 0 radical (unpaired) electrons. The molecule has 0 aliphatic heterocycles. The Morgan fingerprint density at radius 1 is 1.48 bits per heavy atom. The van der Waals surface area contributed by atoms with Crippen molar-refractivity contribution < 1.29 is 9.53 Å². The lowest BCUT2D eigenvalue weighted by atomic mass is 9.89. The minimum absolute atomic E-state index is 0.131. The van der Waals surface area contributed by atoms with Crippen LogP contribution in [0.5, 0.6) is 5.75 Å². The summed E-state index contributed by atoms with van der Waals surface area (Å²) in [7, 11) is 0. The largest absolute Gasteiger partial charge is 0.482 e. The number of nitrogens with one attached hydrogen (secondary N) is 1. The molecule has 1 fully saturated rings. The number of carbonyl (C=O) groups excluding carboxylic acids is 1. The monoisotopic (exact) mass is 328 g/mol. The zero-order valence-corrected chi connectivity index (χ0v) is 13.4. The van der Waals surface area contributed by atoms with Gasteiger partial charge in [-0.15, -0.1) is 0 Å². The minimum Gasteiger partial charge on any atom is -0.482 e. The molecule has 0 spiro atoms. The summed E-state index contributed by atoms with van der Waals surface area (Å²) in [6, 6.07) is 4.86. The van der Waals surface area contributed by atoms with Crippen molar-refractivity contribution in [2.24, 2.45) is 11.0 Å². The van der Waals surface area contributed by atoms with Crippen molar-refractivity contribution >= 4 is 34.8 Å². The first-order valence-electron chi connectivity index (χ1n) is 6.96. The zero-order chi connectivity index (χ0) is 15.2. The quantitative estimate of drug-likeness (QED) is 0.847. The predicted octanol–water partition coefficient (Wildman–Crippen LogP) is 4.05. The first-order valence-corrected chi connectivity index (χ1v) is 7.72. The second-order valence-electron chi connectivity index (χ2n) is 5.28. The molecule has 114 valence electrons. The lowest BCUT2D eigenvalue weighted by molar-refractivity contribution is -0.123. The van der Waals surface area contributed by atoms with E-state index >= 15 is 0 Å². The van der Waals surface area contributed by atoms with E-state index in [1.807, 2.05) is 0 Å². The topological polar surface area (TPSA) is 50.7 Å². The molecule has 21 heavy (non-hydrogen) atoms. The zero-order valence-electron chi connectivity index (χ0n) is 11.9. The molecule has 0 bridgehead atoms. The van der Waals surface area contributed by atoms with E-state index < -0.39 is 0 Å². The molecule has 1 aliphatic carbocycles. The van der Waals surface area contributed by atoms with Crippen molar-refractivity contribution in [3.63, 3.8) is 0 Å². The van der Waals surface area contributed by atoms with Crippen molar-refractivity contribution in [3.8, 4) is 5.75 Å². The summed E-state index contributed by atoms with van der Waals surface area (Å²) >= 11 is 11.7. The minimum atomic E-state index is -0.299. The van der Waals surface area contributed by atoms with Gasteiger partial charge in [-0.3, -0.25) is 4.79 Å². The lowest BCUT2D eigenvalue weighted by Crippen LogP contribution is -2.27. The van der Waals surface area contributed by atoms with Gasteiger partial charge in [0.1, 0.15) is 5.75 Å². The second-order valence-corrected chi connectivity index (χ2v) is 6.12. The van der Waals surface area contributed by atoms with Crippen LogP contribution in [0.2, 0.25) is 10.0 Å². The Labute approximate surface area is 134 Å². The number of ether oxygens (including phenoxy) is 1. The maximum atomic E-state index is 11.7. The van der Waals surface area contributed by atoms with Gasteiger partial charge in [0.2, 0.25) is 0 Å². The van der Waals surface area contributed by atoms with Gasteiger partial charge in [-0.25, -0.2) is 5.43 Å². The number of hydrogen-bond donors (Lipinski definition) is 1. The molecule has 0 aromatic heterocycles. The molecule has 0 saturated heterocycles. The number of hydrogen-bond acceptors (Lipinski definition) is 3. The Kier molecular flexibility index (Phi) is 5.88. The summed E-state index contributed by atoms with van der Waals surface area (Å²) in [4.78, 5) is 11.7. The highest BCUT2D eigenvalue weighted by Gasteiger charge is 2.14. The van der Waals surface area contributed by atoms with Gasteiger partial charge >= 0.3 is 0 Å². The maximum Gasteiger partial charge on any atom is 0.277 e. The number of halogens is 2. The lowest BCUT2D eigenvalue weighted by Gasteiger charge is -2.18. The molecule has 1 amide bonds. The van der Waals surface area contributed by atoms with Crippen LogP contribution < -0.4 is 10.2 Å². The highest BCUT2D eigenvalue weighted by atomic mass is 35.5. The summed E-state index contributed by atoms with van der Waals surface area (Å²) in [5.41, 5.74) is 3.58. The highest BCUT2D eigenvalue weighted by Crippen LogP contribution is 2.27. The molecule has 0 unspecified atom stereocenters. The Hall–Kier alpha value is -1.26. The van der Waals surface area contributed by atoms with Gasteiger partial charge in [0.15, 0.2) is 6.61 Å². The first-order chi connectivity index (χ1) is 10.0. The van der Waals surface area contributed by atoms with Crippen molar-refractivity contribution in [1.82, 2.24) is 5.43 Å². The molecular weight excluding hydrogens is 311 g/mol. The Morgan fingerprint density at radius 3 is 3.00 bits per heavy atom. The van der Waals surface area contributed by atoms with Crippen LogP contribution in [0.4, 0.5) is 0 Å². The fourth-order valence-corrected chi connectivity index (χ4v) is 2.73. The van der Waals surface area contributed by atoms with E-state index in [9.17, 15) is 4.79 Å². The Balaban J connectivity index is 1.80. The van der Waals surface area contributed by atoms with Gasteiger partial charge in [0.05, 0.1) is 5.02 Å². The number of hydrazone groups is 1. The number of rotatable bonds is 4. The van der Waals surface area contributed by atoms with E-state index in [2.05, 4.69) is 17.5 Å². The molecule has 1 saturated carbocycles. The summed E-state index contributed by atoms with van der Waals surface area (Å²) in [6.07, 6.45) is 4.26. The fourth-order valence-electron chi connectivity index (χ4n) is 2.27. The van der Waals surface area contributed by atoms with Crippen molar-refractivity contribution in [1.29, 1.82) is 0 Å². The van der Waals surface area contributed by atoms with Crippen LogP contribution in [0.1, 0.15) is 32.6 Å². The van der Waals surface area contributed by atoms with E-state index in [0.29, 0.717) is 21.7 Å². The highest BCUT2D eigenvalue weighted by molar-refractivity contribution is 6.35. The van der Waals surface area contributed by atoms with E-state index in [-0.39, 0.29) is 12.5 Å². The molecule has 1 N–H and O–H groups in total. The third kappa shape index (κ3) is 5.21. The molecule has 1 aromatic carbocycles. The molecule has 2 rings (SSSR count). The van der Waals surface area contributed by atoms with Crippen molar-refractivity contribution in [3.05, 3.63) is 28.2 Å². The standard InChI is InChI=1S/C15H18Cl2N2O2/c1-10-3-2-4-12(7-10)18-19-15(20)9-21-14-6-5-11(16)8-13(14)17/h5-6,8,10H,2-4,7,9H2,1H3,(H,19,20)/t10-/m1/s1. The molecule has 4 nitrogen and oxygen atoms in total. The van der Waals surface area contributed by atoms with E-state index in [4.69, 9.17) is 27.9 Å². The smallest absolute Gasteiger partial charge is 0.277 e. The molecule has 0 heterocycles. The van der Waals surface area contributed by atoms with E-state index in [1.165, 1.54) is 6.42 Å².